The molecule has 39 heavy (non-hydrogen) atoms. The van der Waals surface area contributed by atoms with Crippen LogP contribution >= 0.6 is 0 Å². The summed E-state index contributed by atoms with van der Waals surface area (Å²) in [7, 11) is 1.62. The number of aromatic nitrogens is 4. The van der Waals surface area contributed by atoms with Gasteiger partial charge in [-0.05, 0) is 36.4 Å². The number of piperazine rings is 1. The molecule has 11 heteroatoms. The van der Waals surface area contributed by atoms with Crippen molar-refractivity contribution in [3.63, 3.8) is 0 Å². The van der Waals surface area contributed by atoms with Gasteiger partial charge in [0.2, 0.25) is 5.95 Å². The predicted octanol–water partition coefficient (Wildman–Crippen LogP) is 2.67. The van der Waals surface area contributed by atoms with Gasteiger partial charge >= 0.3 is 0 Å². The zero-order valence-corrected chi connectivity index (χ0v) is 22.1. The first-order chi connectivity index (χ1) is 19.1. The molecule has 6 rings (SSSR count). The van der Waals surface area contributed by atoms with E-state index in [0.717, 1.165) is 77.0 Å². The quantitative estimate of drug-likeness (QED) is 0.385. The maximum atomic E-state index is 14.3. The molecule has 2 aromatic heterocycles. The summed E-state index contributed by atoms with van der Waals surface area (Å²) in [5, 5.41) is 5.35. The summed E-state index contributed by atoms with van der Waals surface area (Å²) in [4.78, 5) is 16.9. The van der Waals surface area contributed by atoms with Gasteiger partial charge in [-0.1, -0.05) is 12.1 Å². The van der Waals surface area contributed by atoms with Crippen molar-refractivity contribution in [2.75, 3.05) is 83.3 Å². The Morgan fingerprint density at radius 1 is 0.923 bits per heavy atom. The molecule has 0 amide bonds. The van der Waals surface area contributed by atoms with Crippen LogP contribution in [0.1, 0.15) is 0 Å². The maximum absolute atomic E-state index is 14.3. The van der Waals surface area contributed by atoms with Crippen molar-refractivity contribution in [3.8, 4) is 22.7 Å². The lowest BCUT2D eigenvalue weighted by molar-refractivity contribution is 0.0331. The van der Waals surface area contributed by atoms with E-state index in [1.54, 1.807) is 17.9 Å². The Morgan fingerprint density at radius 3 is 2.33 bits per heavy atom. The van der Waals surface area contributed by atoms with Gasteiger partial charge in [-0.3, -0.25) is 9.80 Å². The molecule has 2 aromatic carbocycles. The van der Waals surface area contributed by atoms with Crippen LogP contribution in [0.3, 0.4) is 0 Å². The van der Waals surface area contributed by atoms with Gasteiger partial charge in [-0.25, -0.2) is 14.1 Å². The van der Waals surface area contributed by atoms with E-state index in [4.69, 9.17) is 30.3 Å². The summed E-state index contributed by atoms with van der Waals surface area (Å²) < 4.78 is 26.7. The van der Waals surface area contributed by atoms with Gasteiger partial charge in [-0.2, -0.15) is 4.98 Å². The third-order valence-corrected chi connectivity index (χ3v) is 7.46. The molecule has 0 aliphatic carbocycles. The van der Waals surface area contributed by atoms with E-state index in [1.807, 2.05) is 30.3 Å². The predicted molar refractivity (Wildman–Crippen MR) is 149 cm³/mol. The van der Waals surface area contributed by atoms with Gasteiger partial charge in [0.1, 0.15) is 17.4 Å². The molecule has 2 aliphatic rings. The number of halogens is 1. The zero-order valence-electron chi connectivity index (χ0n) is 22.1. The number of hydrogen-bond donors (Lipinski definition) is 1. The van der Waals surface area contributed by atoms with Crippen molar-refractivity contribution in [1.29, 1.82) is 0 Å². The lowest BCUT2D eigenvalue weighted by Crippen LogP contribution is -2.49. The number of methoxy groups -OCH3 is 1. The number of ether oxygens (including phenoxy) is 2. The lowest BCUT2D eigenvalue weighted by atomic mass is 10.1. The molecule has 2 fully saturated rings. The summed E-state index contributed by atoms with van der Waals surface area (Å²) in [6, 6.07) is 13.9. The Morgan fingerprint density at radius 2 is 1.64 bits per heavy atom. The molecule has 0 unspecified atom stereocenters. The van der Waals surface area contributed by atoms with E-state index in [1.165, 1.54) is 12.1 Å². The number of morpholine rings is 1. The SMILES string of the molecule is COc1ccc(-n2nc3nc(N4CCN(CCN5CCOCC5)CC4)nc(-c4cccc(F)c4)c3c2N)cc1. The van der Waals surface area contributed by atoms with Crippen molar-refractivity contribution in [2.24, 2.45) is 0 Å². The van der Waals surface area contributed by atoms with Crippen LogP contribution in [0.4, 0.5) is 16.2 Å². The number of benzene rings is 2. The molecule has 0 atom stereocenters. The highest BCUT2D eigenvalue weighted by atomic mass is 19.1. The lowest BCUT2D eigenvalue weighted by Gasteiger charge is -2.36. The van der Waals surface area contributed by atoms with E-state index in [2.05, 4.69) is 14.7 Å². The average molecular weight is 533 g/mol. The number of rotatable bonds is 7. The van der Waals surface area contributed by atoms with E-state index in [0.29, 0.717) is 34.1 Å². The molecule has 4 heterocycles. The van der Waals surface area contributed by atoms with Crippen LogP contribution in [-0.2, 0) is 4.74 Å². The van der Waals surface area contributed by atoms with Crippen molar-refractivity contribution in [3.05, 3.63) is 54.3 Å². The fourth-order valence-electron chi connectivity index (χ4n) is 5.19. The van der Waals surface area contributed by atoms with Crippen molar-refractivity contribution < 1.29 is 13.9 Å². The van der Waals surface area contributed by atoms with E-state index >= 15 is 0 Å². The molecule has 0 bridgehead atoms. The standard InChI is InChI=1S/C28H33FN8O2/c1-38-23-7-5-22(6-8-23)37-26(30)24-25(20-3-2-4-21(29)19-20)31-28(32-27(24)33-37)36-13-11-34(12-14-36)9-10-35-15-17-39-18-16-35/h2-8,19H,9-18,30H2,1H3. The Bertz CT molecular complexity index is 1430. The van der Waals surface area contributed by atoms with E-state index in [9.17, 15) is 4.39 Å². The fraction of sp³-hybridized carbons (Fsp3) is 0.393. The summed E-state index contributed by atoms with van der Waals surface area (Å²) >= 11 is 0. The van der Waals surface area contributed by atoms with Gasteiger partial charge in [0.25, 0.3) is 0 Å². The largest absolute Gasteiger partial charge is 0.497 e. The second-order valence-corrected chi connectivity index (χ2v) is 9.86. The number of nitrogen functional groups attached to an aromatic ring is 1. The fourth-order valence-corrected chi connectivity index (χ4v) is 5.19. The summed E-state index contributed by atoms with van der Waals surface area (Å²) in [5.41, 5.74) is 9.07. The number of hydrogen-bond acceptors (Lipinski definition) is 9. The van der Waals surface area contributed by atoms with Crippen LogP contribution in [-0.4, -0.2) is 102 Å². The Labute approximate surface area is 226 Å². The molecule has 2 N–H and O–H groups in total. The minimum atomic E-state index is -0.337. The monoisotopic (exact) mass is 532 g/mol. The second-order valence-electron chi connectivity index (χ2n) is 9.86. The highest BCUT2D eigenvalue weighted by molar-refractivity contribution is 5.99. The highest BCUT2D eigenvalue weighted by Crippen LogP contribution is 2.34. The minimum Gasteiger partial charge on any atom is -0.497 e. The van der Waals surface area contributed by atoms with Crippen LogP contribution in [0.2, 0.25) is 0 Å². The second kappa shape index (κ2) is 11.1. The van der Waals surface area contributed by atoms with Gasteiger partial charge in [0.05, 0.1) is 37.1 Å². The molecule has 0 radical (unpaired) electrons. The van der Waals surface area contributed by atoms with Crippen molar-refractivity contribution in [1.82, 2.24) is 29.5 Å². The maximum Gasteiger partial charge on any atom is 0.228 e. The molecule has 2 aliphatic heterocycles. The molecule has 204 valence electrons. The highest BCUT2D eigenvalue weighted by Gasteiger charge is 2.24. The van der Waals surface area contributed by atoms with Crippen LogP contribution in [0.25, 0.3) is 28.0 Å². The minimum absolute atomic E-state index is 0.337. The first-order valence-corrected chi connectivity index (χ1v) is 13.3. The van der Waals surface area contributed by atoms with Crippen LogP contribution < -0.4 is 15.4 Å². The summed E-state index contributed by atoms with van der Waals surface area (Å²) in [6.45, 7) is 9.17. The van der Waals surface area contributed by atoms with Gasteiger partial charge in [0, 0.05) is 57.9 Å². The summed E-state index contributed by atoms with van der Waals surface area (Å²) in [5.74, 6) is 1.37. The van der Waals surface area contributed by atoms with Gasteiger partial charge in [-0.15, -0.1) is 5.10 Å². The topological polar surface area (TPSA) is 97.8 Å². The average Bonchev–Trinajstić information content (AvgIpc) is 3.32. The Kier molecular flexibility index (Phi) is 7.27. The number of nitrogens with zero attached hydrogens (tertiary/aromatic N) is 7. The zero-order chi connectivity index (χ0) is 26.8. The molecular weight excluding hydrogens is 499 g/mol. The number of fused-ring (bicyclic) bond motifs is 1. The molecule has 0 spiro atoms. The van der Waals surface area contributed by atoms with E-state index in [-0.39, 0.29) is 5.82 Å². The molecular formula is C28H33FN8O2. The molecule has 0 saturated carbocycles. The van der Waals surface area contributed by atoms with Crippen molar-refractivity contribution in [2.45, 2.75) is 0 Å². The smallest absolute Gasteiger partial charge is 0.228 e. The molecule has 4 aromatic rings. The molecule has 10 nitrogen and oxygen atoms in total. The van der Waals surface area contributed by atoms with Gasteiger partial charge < -0.3 is 20.1 Å². The third kappa shape index (κ3) is 5.38. The Hall–Kier alpha value is -3.80. The van der Waals surface area contributed by atoms with Crippen molar-refractivity contribution >= 4 is 22.8 Å². The third-order valence-electron chi connectivity index (χ3n) is 7.46. The Balaban J connectivity index is 1.29. The number of nitrogens with two attached hydrogens (primary N) is 1. The number of anilines is 2. The summed E-state index contributed by atoms with van der Waals surface area (Å²) in [6.07, 6.45) is 0. The first-order valence-electron chi connectivity index (χ1n) is 13.3. The molecule has 2 saturated heterocycles. The normalized spacial score (nSPS) is 17.1. The van der Waals surface area contributed by atoms with Crippen LogP contribution in [0.5, 0.6) is 5.75 Å². The van der Waals surface area contributed by atoms with Crippen LogP contribution in [0, 0.1) is 5.82 Å². The van der Waals surface area contributed by atoms with Crippen LogP contribution in [0.15, 0.2) is 48.5 Å². The van der Waals surface area contributed by atoms with E-state index < -0.39 is 0 Å². The van der Waals surface area contributed by atoms with Gasteiger partial charge in [0.15, 0.2) is 5.65 Å². The first kappa shape index (κ1) is 25.5.